The first-order valence-corrected chi connectivity index (χ1v) is 7.93. The van der Waals surface area contributed by atoms with Gasteiger partial charge in [-0.3, -0.25) is 9.59 Å². The van der Waals surface area contributed by atoms with Gasteiger partial charge in [-0.15, -0.1) is 0 Å². The molecule has 0 aromatic heterocycles. The van der Waals surface area contributed by atoms with Crippen LogP contribution in [0.2, 0.25) is 0 Å². The summed E-state index contributed by atoms with van der Waals surface area (Å²) in [5.41, 5.74) is -0.945. The fraction of sp³-hybridized carbons (Fsp3) is 0.111. The first kappa shape index (κ1) is 18.9. The number of hydrogen-bond acceptors (Lipinski definition) is 3. The Morgan fingerprint density at radius 1 is 1.16 bits per heavy atom. The van der Waals surface area contributed by atoms with E-state index in [1.165, 1.54) is 30.3 Å². The van der Waals surface area contributed by atoms with Crippen LogP contribution in [0.5, 0.6) is 0 Å². The Balaban J connectivity index is 2.38. The molecule has 0 saturated carbocycles. The third kappa shape index (κ3) is 4.79. The van der Waals surface area contributed by atoms with Crippen molar-refractivity contribution in [1.82, 2.24) is 0 Å². The molecular weight excluding hydrogens is 399 g/mol. The summed E-state index contributed by atoms with van der Waals surface area (Å²) in [5.74, 6) is -0.601. The summed E-state index contributed by atoms with van der Waals surface area (Å²) >= 11 is 3.22. The van der Waals surface area contributed by atoms with Crippen LogP contribution in [0.25, 0.3) is 6.08 Å². The molecule has 1 N–H and O–H groups in total. The van der Waals surface area contributed by atoms with E-state index in [-0.39, 0.29) is 16.8 Å². The molecule has 0 aliphatic rings. The van der Waals surface area contributed by atoms with Gasteiger partial charge in [0.15, 0.2) is 5.78 Å². The van der Waals surface area contributed by atoms with E-state index in [1.807, 2.05) is 0 Å². The summed E-state index contributed by atoms with van der Waals surface area (Å²) in [6.45, 7) is 0. The van der Waals surface area contributed by atoms with Crippen molar-refractivity contribution in [3.63, 3.8) is 0 Å². The number of halogens is 4. The lowest BCUT2D eigenvalue weighted by molar-refractivity contribution is -0.137. The maximum atomic E-state index is 12.7. The summed E-state index contributed by atoms with van der Waals surface area (Å²) < 4.78 is 38.7. The second-order valence-electron chi connectivity index (χ2n) is 5.09. The van der Waals surface area contributed by atoms with Crippen molar-refractivity contribution < 1.29 is 18.0 Å². The van der Waals surface area contributed by atoms with Crippen LogP contribution >= 0.6 is 15.9 Å². The molecule has 0 aliphatic carbocycles. The molecule has 0 radical (unpaired) electrons. The van der Waals surface area contributed by atoms with Crippen LogP contribution in [0.4, 0.5) is 18.9 Å². The van der Waals surface area contributed by atoms with Gasteiger partial charge in [-0.2, -0.15) is 13.2 Å². The van der Waals surface area contributed by atoms with Crippen LogP contribution in [-0.4, -0.2) is 12.8 Å². The van der Waals surface area contributed by atoms with Gasteiger partial charge in [0.25, 0.3) is 0 Å². The minimum atomic E-state index is -4.46. The highest BCUT2D eigenvalue weighted by molar-refractivity contribution is 9.10. The normalized spacial score (nSPS) is 11.6. The van der Waals surface area contributed by atoms with Crippen LogP contribution in [0, 0.1) is 0 Å². The number of anilines is 1. The predicted octanol–water partition coefficient (Wildman–Crippen LogP) is 4.77. The highest BCUT2D eigenvalue weighted by Crippen LogP contribution is 2.29. The molecule has 0 saturated heterocycles. The molecule has 2 aromatic rings. The van der Waals surface area contributed by atoms with E-state index in [0.29, 0.717) is 4.47 Å². The number of benzene rings is 1. The van der Waals surface area contributed by atoms with E-state index in [9.17, 15) is 22.8 Å². The van der Waals surface area contributed by atoms with Gasteiger partial charge in [-0.05, 0) is 42.0 Å². The molecule has 2 aromatic carbocycles. The number of allylic oxidation sites excluding steroid dienone is 1. The molecule has 7 heteroatoms. The van der Waals surface area contributed by atoms with Crippen LogP contribution in [-0.2, 0) is 6.18 Å². The Morgan fingerprint density at radius 2 is 1.88 bits per heavy atom. The van der Waals surface area contributed by atoms with E-state index < -0.39 is 23.0 Å². The summed E-state index contributed by atoms with van der Waals surface area (Å²) in [4.78, 5) is 24.6. The molecule has 0 atom stereocenters. The zero-order chi connectivity index (χ0) is 18.6. The van der Waals surface area contributed by atoms with Crippen molar-refractivity contribution in [2.75, 3.05) is 12.4 Å². The predicted molar refractivity (Wildman–Crippen MR) is 94.8 cm³/mol. The van der Waals surface area contributed by atoms with Crippen molar-refractivity contribution in [2.24, 2.45) is 0 Å². The Hall–Kier alpha value is -2.41. The molecule has 0 aliphatic heterocycles. The van der Waals surface area contributed by atoms with Crippen LogP contribution < -0.4 is 10.7 Å². The largest absolute Gasteiger partial charge is 0.416 e. The molecule has 0 spiro atoms. The average Bonchev–Trinajstić information content (AvgIpc) is 2.71. The zero-order valence-corrected chi connectivity index (χ0v) is 14.6. The second kappa shape index (κ2) is 7.65. The van der Waals surface area contributed by atoms with Gasteiger partial charge >= 0.3 is 6.18 Å². The Bertz CT molecular complexity index is 892. The van der Waals surface area contributed by atoms with E-state index in [2.05, 4.69) is 21.2 Å². The highest BCUT2D eigenvalue weighted by Gasteiger charge is 2.30. The minimum absolute atomic E-state index is 0.0931. The van der Waals surface area contributed by atoms with Gasteiger partial charge in [-0.25, -0.2) is 0 Å². The van der Waals surface area contributed by atoms with E-state index >= 15 is 0 Å². The minimum Gasteiger partial charge on any atom is -0.385 e. The smallest absolute Gasteiger partial charge is 0.385 e. The molecule has 0 amide bonds. The van der Waals surface area contributed by atoms with Crippen molar-refractivity contribution >= 4 is 33.5 Å². The number of hydrogen-bond donors (Lipinski definition) is 1. The first-order valence-electron chi connectivity index (χ1n) is 7.13. The Morgan fingerprint density at radius 3 is 2.52 bits per heavy atom. The number of ketones is 1. The van der Waals surface area contributed by atoms with Gasteiger partial charge in [0.05, 0.1) is 16.8 Å². The van der Waals surface area contributed by atoms with Gasteiger partial charge in [0.1, 0.15) is 0 Å². The van der Waals surface area contributed by atoms with E-state index in [1.54, 1.807) is 13.1 Å². The SMILES string of the molecule is CNc1ccc(Br)cc(C(=O)C=Cc2cccc(C(F)(F)F)c2)c1=O. The number of alkyl halides is 3. The van der Waals surface area contributed by atoms with E-state index in [4.69, 9.17) is 0 Å². The summed E-state index contributed by atoms with van der Waals surface area (Å²) in [7, 11) is 1.55. The maximum Gasteiger partial charge on any atom is 0.416 e. The fourth-order valence-corrected chi connectivity index (χ4v) is 2.46. The maximum absolute atomic E-state index is 12.7. The molecule has 130 valence electrons. The standard InChI is InChI=1S/C18H13BrF3NO2/c1-23-15-7-6-13(19)10-14(17(15)25)16(24)8-5-11-3-2-4-12(9-11)18(20,21)22/h2-10H,1H3,(H,23,25). The fourth-order valence-electron chi connectivity index (χ4n) is 2.10. The zero-order valence-electron chi connectivity index (χ0n) is 13.0. The van der Waals surface area contributed by atoms with Gasteiger partial charge in [0, 0.05) is 11.5 Å². The lowest BCUT2D eigenvalue weighted by Gasteiger charge is -2.06. The number of carbonyl (C=O) groups excluding carboxylic acids is 1. The highest BCUT2D eigenvalue weighted by atomic mass is 79.9. The third-order valence-electron chi connectivity index (χ3n) is 3.36. The van der Waals surface area contributed by atoms with Crippen molar-refractivity contribution in [3.8, 4) is 0 Å². The van der Waals surface area contributed by atoms with Gasteiger partial charge in [0.2, 0.25) is 5.43 Å². The first-order chi connectivity index (χ1) is 11.7. The van der Waals surface area contributed by atoms with Crippen molar-refractivity contribution in [3.05, 3.63) is 79.9 Å². The molecular formula is C18H13BrF3NO2. The lowest BCUT2D eigenvalue weighted by atomic mass is 10.1. The number of carbonyl (C=O) groups is 1. The number of nitrogens with one attached hydrogen (secondary N) is 1. The summed E-state index contributed by atoms with van der Waals surface area (Å²) in [5, 5.41) is 2.70. The molecule has 3 nitrogen and oxygen atoms in total. The van der Waals surface area contributed by atoms with Crippen LogP contribution in [0.1, 0.15) is 21.5 Å². The van der Waals surface area contributed by atoms with Crippen molar-refractivity contribution in [1.29, 1.82) is 0 Å². The third-order valence-corrected chi connectivity index (χ3v) is 3.85. The van der Waals surface area contributed by atoms with Gasteiger partial charge < -0.3 is 5.32 Å². The molecule has 0 heterocycles. The summed E-state index contributed by atoms with van der Waals surface area (Å²) in [6.07, 6.45) is -2.13. The lowest BCUT2D eigenvalue weighted by Crippen LogP contribution is -2.14. The quantitative estimate of drug-likeness (QED) is 0.582. The topological polar surface area (TPSA) is 46.2 Å². The molecule has 2 rings (SSSR count). The number of rotatable bonds is 4. The second-order valence-corrected chi connectivity index (χ2v) is 6.01. The summed E-state index contributed by atoms with van der Waals surface area (Å²) in [6, 6.07) is 9.09. The Labute approximate surface area is 150 Å². The Kier molecular flexibility index (Phi) is 5.79. The van der Waals surface area contributed by atoms with Gasteiger partial charge in [-0.1, -0.05) is 34.1 Å². The van der Waals surface area contributed by atoms with Crippen molar-refractivity contribution in [2.45, 2.75) is 6.18 Å². The van der Waals surface area contributed by atoms with Crippen LogP contribution in [0.3, 0.4) is 0 Å². The molecule has 25 heavy (non-hydrogen) atoms. The molecule has 0 fully saturated rings. The average molecular weight is 412 g/mol. The molecule has 0 unspecified atom stereocenters. The molecule has 0 bridgehead atoms. The monoisotopic (exact) mass is 411 g/mol. The van der Waals surface area contributed by atoms with Crippen LogP contribution in [0.15, 0.2) is 57.8 Å². The van der Waals surface area contributed by atoms with E-state index in [0.717, 1.165) is 18.2 Å².